The maximum atomic E-state index is 12.7. The molecule has 1 aromatic rings. The highest BCUT2D eigenvalue weighted by Crippen LogP contribution is 2.48. The number of ether oxygens (including phenoxy) is 1. The van der Waals surface area contributed by atoms with Crippen LogP contribution in [-0.4, -0.2) is 6.10 Å². The van der Waals surface area contributed by atoms with E-state index in [9.17, 15) is 4.39 Å². The van der Waals surface area contributed by atoms with Crippen LogP contribution in [-0.2, 0) is 11.2 Å². The van der Waals surface area contributed by atoms with Gasteiger partial charge in [-0.25, -0.2) is 4.39 Å². The number of rotatable bonds is 0. The summed E-state index contributed by atoms with van der Waals surface area (Å²) >= 11 is 0. The van der Waals surface area contributed by atoms with Crippen molar-refractivity contribution in [2.45, 2.75) is 18.6 Å². The van der Waals surface area contributed by atoms with E-state index in [1.807, 2.05) is 6.07 Å². The van der Waals surface area contributed by atoms with Crippen LogP contribution in [0.1, 0.15) is 17.2 Å². The van der Waals surface area contributed by atoms with Crippen molar-refractivity contribution in [3.05, 3.63) is 35.1 Å². The van der Waals surface area contributed by atoms with Crippen molar-refractivity contribution in [2.24, 2.45) is 0 Å². The summed E-state index contributed by atoms with van der Waals surface area (Å²) in [7, 11) is 0. The molecule has 0 radical (unpaired) electrons. The molecule has 0 bridgehead atoms. The van der Waals surface area contributed by atoms with E-state index < -0.39 is 0 Å². The van der Waals surface area contributed by atoms with Crippen molar-refractivity contribution in [3.8, 4) is 0 Å². The van der Waals surface area contributed by atoms with Crippen LogP contribution in [0.15, 0.2) is 18.2 Å². The van der Waals surface area contributed by atoms with Crippen molar-refractivity contribution >= 4 is 0 Å². The van der Waals surface area contributed by atoms with Crippen molar-refractivity contribution in [3.63, 3.8) is 0 Å². The van der Waals surface area contributed by atoms with E-state index in [0.29, 0.717) is 6.10 Å². The maximum absolute atomic E-state index is 12.7. The third-order valence-corrected chi connectivity index (χ3v) is 2.42. The Morgan fingerprint density at radius 3 is 3.27 bits per heavy atom. The monoisotopic (exact) mass is 150 g/mol. The highest BCUT2D eigenvalue weighted by molar-refractivity contribution is 5.39. The van der Waals surface area contributed by atoms with Gasteiger partial charge in [-0.1, -0.05) is 6.07 Å². The highest BCUT2D eigenvalue weighted by Gasteiger charge is 2.47. The second-order valence-electron chi connectivity index (χ2n) is 3.14. The van der Waals surface area contributed by atoms with Crippen LogP contribution in [0.4, 0.5) is 4.39 Å². The molecule has 1 aromatic carbocycles. The number of halogens is 1. The third-order valence-electron chi connectivity index (χ3n) is 2.42. The Hall–Kier alpha value is -0.890. The summed E-state index contributed by atoms with van der Waals surface area (Å²) in [4.78, 5) is 0. The van der Waals surface area contributed by atoms with Gasteiger partial charge in [-0.05, 0) is 23.3 Å². The van der Waals surface area contributed by atoms with Gasteiger partial charge in [0.05, 0.1) is 6.10 Å². The molecule has 0 N–H and O–H groups in total. The third kappa shape index (κ3) is 0.676. The molecule has 1 aliphatic carbocycles. The smallest absolute Gasteiger partial charge is 0.123 e. The SMILES string of the molecule is Fc1ccc2c(c1)[C@@H]1O[C@@H]1C2. The molecule has 2 aliphatic rings. The predicted molar refractivity (Wildman–Crippen MR) is 37.7 cm³/mol. The molecule has 1 nitrogen and oxygen atoms in total. The highest BCUT2D eigenvalue weighted by atomic mass is 19.1. The Morgan fingerprint density at radius 2 is 2.36 bits per heavy atom. The van der Waals surface area contributed by atoms with Crippen molar-refractivity contribution in [1.82, 2.24) is 0 Å². The molecular formula is C9H7FO. The number of benzene rings is 1. The number of epoxide rings is 1. The quantitative estimate of drug-likeness (QED) is 0.514. The van der Waals surface area contributed by atoms with Crippen LogP contribution in [0.5, 0.6) is 0 Å². The molecule has 11 heavy (non-hydrogen) atoms. The van der Waals surface area contributed by atoms with Gasteiger partial charge in [-0.2, -0.15) is 0 Å². The van der Waals surface area contributed by atoms with E-state index in [4.69, 9.17) is 4.74 Å². The summed E-state index contributed by atoms with van der Waals surface area (Å²) in [5.41, 5.74) is 2.32. The fourth-order valence-corrected chi connectivity index (χ4v) is 1.80. The Morgan fingerprint density at radius 1 is 1.45 bits per heavy atom. The lowest BCUT2D eigenvalue weighted by Gasteiger charge is -2.00. The Kier molecular flexibility index (Phi) is 0.853. The molecule has 0 unspecified atom stereocenters. The molecule has 1 heterocycles. The summed E-state index contributed by atoms with van der Waals surface area (Å²) in [6.45, 7) is 0. The van der Waals surface area contributed by atoms with Gasteiger partial charge < -0.3 is 4.74 Å². The van der Waals surface area contributed by atoms with E-state index in [1.54, 1.807) is 6.07 Å². The fourth-order valence-electron chi connectivity index (χ4n) is 1.80. The first-order chi connectivity index (χ1) is 5.34. The van der Waals surface area contributed by atoms with Gasteiger partial charge in [0.25, 0.3) is 0 Å². The molecule has 2 heteroatoms. The molecule has 1 aliphatic heterocycles. The van der Waals surface area contributed by atoms with Crippen LogP contribution in [0.3, 0.4) is 0 Å². The van der Waals surface area contributed by atoms with E-state index in [0.717, 1.165) is 12.0 Å². The molecule has 0 amide bonds. The Labute approximate surface area is 63.8 Å². The molecule has 0 spiro atoms. The molecule has 1 fully saturated rings. The van der Waals surface area contributed by atoms with Crippen molar-refractivity contribution in [2.75, 3.05) is 0 Å². The largest absolute Gasteiger partial charge is 0.364 e. The van der Waals surface area contributed by atoms with E-state index >= 15 is 0 Å². The van der Waals surface area contributed by atoms with Gasteiger partial charge in [-0.3, -0.25) is 0 Å². The first-order valence-corrected chi connectivity index (χ1v) is 3.78. The topological polar surface area (TPSA) is 12.5 Å². The average molecular weight is 150 g/mol. The minimum absolute atomic E-state index is 0.153. The normalized spacial score (nSPS) is 31.4. The van der Waals surface area contributed by atoms with Gasteiger partial charge in [-0.15, -0.1) is 0 Å². The maximum Gasteiger partial charge on any atom is 0.123 e. The standard InChI is InChI=1S/C9H7FO/c10-6-2-1-5-3-8-9(11-8)7(5)4-6/h1-2,4,8-9H,3H2/t8-,9+/m1/s1. The minimum atomic E-state index is -0.153. The summed E-state index contributed by atoms with van der Waals surface area (Å²) in [5.74, 6) is -0.153. The van der Waals surface area contributed by atoms with Crippen molar-refractivity contribution in [1.29, 1.82) is 0 Å². The Bertz CT molecular complexity index is 321. The zero-order chi connectivity index (χ0) is 7.42. The van der Waals surface area contributed by atoms with Crippen LogP contribution in [0.25, 0.3) is 0 Å². The summed E-state index contributed by atoms with van der Waals surface area (Å²) in [6.07, 6.45) is 1.56. The van der Waals surface area contributed by atoms with Gasteiger partial charge in [0, 0.05) is 6.42 Å². The van der Waals surface area contributed by atoms with Gasteiger partial charge >= 0.3 is 0 Å². The zero-order valence-corrected chi connectivity index (χ0v) is 5.88. The summed E-state index contributed by atoms with van der Waals surface area (Å²) < 4.78 is 18.0. The lowest BCUT2D eigenvalue weighted by atomic mass is 10.1. The lowest BCUT2D eigenvalue weighted by Crippen LogP contribution is -1.89. The molecule has 0 aromatic heterocycles. The first-order valence-electron chi connectivity index (χ1n) is 3.78. The van der Waals surface area contributed by atoms with Gasteiger partial charge in [0.2, 0.25) is 0 Å². The van der Waals surface area contributed by atoms with Crippen LogP contribution < -0.4 is 0 Å². The minimum Gasteiger partial charge on any atom is -0.364 e. The average Bonchev–Trinajstić information content (AvgIpc) is 2.67. The number of fused-ring (bicyclic) bond motifs is 3. The predicted octanol–water partition coefficient (Wildman–Crippen LogP) is 1.82. The Balaban J connectivity index is 2.20. The van der Waals surface area contributed by atoms with E-state index in [1.165, 1.54) is 11.6 Å². The van der Waals surface area contributed by atoms with Crippen molar-refractivity contribution < 1.29 is 9.13 Å². The van der Waals surface area contributed by atoms with E-state index in [-0.39, 0.29) is 11.9 Å². The molecule has 2 atom stereocenters. The number of hydrogen-bond donors (Lipinski definition) is 0. The second-order valence-corrected chi connectivity index (χ2v) is 3.14. The fraction of sp³-hybridized carbons (Fsp3) is 0.333. The summed E-state index contributed by atoms with van der Waals surface area (Å²) in [5, 5.41) is 0. The van der Waals surface area contributed by atoms with Crippen LogP contribution in [0.2, 0.25) is 0 Å². The lowest BCUT2D eigenvalue weighted by molar-refractivity contribution is 0.360. The second kappa shape index (κ2) is 1.64. The van der Waals surface area contributed by atoms with Gasteiger partial charge in [0.1, 0.15) is 11.9 Å². The zero-order valence-electron chi connectivity index (χ0n) is 5.88. The van der Waals surface area contributed by atoms with Gasteiger partial charge in [0.15, 0.2) is 0 Å². The molecule has 0 saturated carbocycles. The molecule has 56 valence electrons. The van der Waals surface area contributed by atoms with Crippen LogP contribution >= 0.6 is 0 Å². The molecular weight excluding hydrogens is 143 g/mol. The molecule has 1 saturated heterocycles. The number of hydrogen-bond acceptors (Lipinski definition) is 1. The molecule has 3 rings (SSSR count). The first kappa shape index (κ1) is 5.72. The van der Waals surface area contributed by atoms with E-state index in [2.05, 4.69) is 0 Å². The van der Waals surface area contributed by atoms with Crippen LogP contribution in [0, 0.1) is 5.82 Å². The summed E-state index contributed by atoms with van der Waals surface area (Å²) in [6, 6.07) is 4.97.